The number of nitrogens with zero attached hydrogens (tertiary/aromatic N) is 3. The largest absolute Gasteiger partial charge is 0.439 e. The Kier molecular flexibility index (Phi) is 2.24. The molecule has 5 heteroatoms. The Labute approximate surface area is 110 Å². The zero-order chi connectivity index (χ0) is 10.5. The van der Waals surface area contributed by atoms with Crippen LogP contribution in [0.5, 0.6) is 0 Å². The van der Waals surface area contributed by atoms with E-state index in [4.69, 9.17) is 4.52 Å². The molecular weight excluding hydrogens is 394 g/mol. The van der Waals surface area contributed by atoms with Crippen molar-refractivity contribution in [2.45, 2.75) is 0 Å². The van der Waals surface area contributed by atoms with E-state index in [9.17, 15) is 0 Å². The van der Waals surface area contributed by atoms with Crippen LogP contribution in [0.3, 0.4) is 0 Å². The Balaban J connectivity index is 0.000000902. The van der Waals surface area contributed by atoms with E-state index < -0.39 is 0 Å². The Hall–Kier alpha value is -1.71. The first kappa shape index (κ1) is 10.4. The van der Waals surface area contributed by atoms with Gasteiger partial charge in [0.25, 0.3) is 0 Å². The molecule has 4 rings (SSSR count). The van der Waals surface area contributed by atoms with Crippen molar-refractivity contribution in [3.8, 4) is 0 Å². The molecule has 3 aromatic heterocycles. The number of pyridine rings is 1. The second-order valence-corrected chi connectivity index (χ2v) is 3.65. The standard InChI is InChI=1S/C12H6N3O.Ir/c1-2-4-10-8(3-1)11-9(7-16-14-11)12-13-5-6-15(10)12;/h1-6H;/q-1;. The fourth-order valence-electron chi connectivity index (χ4n) is 2.11. The third-order valence-corrected chi connectivity index (χ3v) is 2.80. The summed E-state index contributed by atoms with van der Waals surface area (Å²) in [6.07, 6.45) is 6.47. The van der Waals surface area contributed by atoms with E-state index in [-0.39, 0.29) is 20.1 Å². The number of hydrogen-bond donors (Lipinski definition) is 0. The fraction of sp³-hybridized carbons (Fsp3) is 0. The molecule has 0 amide bonds. The first-order valence-electron chi connectivity index (χ1n) is 4.96. The summed E-state index contributed by atoms with van der Waals surface area (Å²) in [6.45, 7) is 0. The van der Waals surface area contributed by atoms with Crippen molar-refractivity contribution >= 4 is 27.5 Å². The first-order chi connectivity index (χ1) is 7.95. The van der Waals surface area contributed by atoms with Gasteiger partial charge in [0.2, 0.25) is 0 Å². The van der Waals surface area contributed by atoms with Crippen LogP contribution in [0.4, 0.5) is 0 Å². The van der Waals surface area contributed by atoms with Crippen LogP contribution >= 0.6 is 0 Å². The number of rotatable bonds is 0. The summed E-state index contributed by atoms with van der Waals surface area (Å²) in [6, 6.07) is 8.04. The van der Waals surface area contributed by atoms with Crippen molar-refractivity contribution in [2.24, 2.45) is 0 Å². The Bertz CT molecular complexity index is 749. The van der Waals surface area contributed by atoms with E-state index in [2.05, 4.69) is 16.4 Å². The van der Waals surface area contributed by atoms with Crippen LogP contribution in [0.2, 0.25) is 0 Å². The fourth-order valence-corrected chi connectivity index (χ4v) is 2.11. The number of para-hydroxylation sites is 1. The average molecular weight is 400 g/mol. The van der Waals surface area contributed by atoms with Crippen molar-refractivity contribution in [3.05, 3.63) is 42.9 Å². The third kappa shape index (κ3) is 1.27. The van der Waals surface area contributed by atoms with Crippen LogP contribution in [0.15, 0.2) is 41.2 Å². The molecule has 1 aromatic carbocycles. The molecule has 0 unspecified atom stereocenters. The molecule has 0 aliphatic rings. The van der Waals surface area contributed by atoms with Gasteiger partial charge in [-0.1, -0.05) is 23.6 Å². The molecule has 0 aliphatic heterocycles. The molecule has 0 spiro atoms. The van der Waals surface area contributed by atoms with Gasteiger partial charge in [-0.05, 0) is 11.5 Å². The van der Waals surface area contributed by atoms with Crippen LogP contribution in [0, 0.1) is 6.26 Å². The van der Waals surface area contributed by atoms with Crippen LogP contribution < -0.4 is 0 Å². The van der Waals surface area contributed by atoms with Gasteiger partial charge in [0.1, 0.15) is 0 Å². The number of imidazole rings is 1. The van der Waals surface area contributed by atoms with Crippen molar-refractivity contribution in [3.63, 3.8) is 0 Å². The van der Waals surface area contributed by atoms with E-state index in [1.165, 1.54) is 0 Å². The summed E-state index contributed by atoms with van der Waals surface area (Å²) in [7, 11) is 0. The molecule has 3 heterocycles. The maximum Gasteiger partial charge on any atom is 0.0463 e. The van der Waals surface area contributed by atoms with Gasteiger partial charge < -0.3 is 13.9 Å². The monoisotopic (exact) mass is 401 g/mol. The molecule has 0 N–H and O–H groups in total. The predicted molar refractivity (Wildman–Crippen MR) is 59.1 cm³/mol. The summed E-state index contributed by atoms with van der Waals surface area (Å²) in [4.78, 5) is 4.30. The topological polar surface area (TPSA) is 43.3 Å². The molecule has 0 saturated heterocycles. The van der Waals surface area contributed by atoms with Crippen molar-refractivity contribution in [1.82, 2.24) is 14.5 Å². The molecule has 85 valence electrons. The average Bonchev–Trinajstić information content (AvgIpc) is 2.98. The summed E-state index contributed by atoms with van der Waals surface area (Å²) < 4.78 is 6.94. The second kappa shape index (κ2) is 3.65. The maximum absolute atomic E-state index is 4.92. The van der Waals surface area contributed by atoms with Gasteiger partial charge in [0.15, 0.2) is 0 Å². The van der Waals surface area contributed by atoms with Gasteiger partial charge >= 0.3 is 0 Å². The smallest absolute Gasteiger partial charge is 0.0463 e. The van der Waals surface area contributed by atoms with Gasteiger partial charge in [-0.15, -0.1) is 0 Å². The van der Waals surface area contributed by atoms with Crippen molar-refractivity contribution < 1.29 is 24.6 Å². The summed E-state index contributed by atoms with van der Waals surface area (Å²) in [5.41, 5.74) is 2.72. The van der Waals surface area contributed by atoms with Gasteiger partial charge in [0, 0.05) is 55.4 Å². The van der Waals surface area contributed by atoms with Gasteiger partial charge in [0.05, 0.1) is 0 Å². The molecule has 0 bridgehead atoms. The minimum Gasteiger partial charge on any atom is -0.439 e. The third-order valence-electron chi connectivity index (χ3n) is 2.80. The Morgan fingerprint density at radius 1 is 1.24 bits per heavy atom. The zero-order valence-electron chi connectivity index (χ0n) is 8.55. The SMILES string of the molecule is [Ir].[c-]1onc2c1c1nccn1c1ccccc21. The normalized spacial score (nSPS) is 11.1. The second-order valence-electron chi connectivity index (χ2n) is 3.65. The number of aromatic nitrogens is 3. The van der Waals surface area contributed by atoms with Crippen molar-refractivity contribution in [1.29, 1.82) is 0 Å². The summed E-state index contributed by atoms with van der Waals surface area (Å²) in [5.74, 6) is 0. The van der Waals surface area contributed by atoms with E-state index in [0.29, 0.717) is 0 Å². The summed E-state index contributed by atoms with van der Waals surface area (Å²) in [5, 5.41) is 5.86. The molecule has 4 nitrogen and oxygen atoms in total. The molecular formula is C12H6IrN3O-. The minimum atomic E-state index is 0. The molecule has 0 fully saturated rings. The number of fused-ring (bicyclic) bond motifs is 6. The number of hydrogen-bond acceptors (Lipinski definition) is 3. The Morgan fingerprint density at radius 2 is 2.12 bits per heavy atom. The van der Waals surface area contributed by atoms with Crippen LogP contribution in [-0.2, 0) is 20.1 Å². The number of benzene rings is 1. The molecule has 0 atom stereocenters. The molecule has 4 aromatic rings. The minimum absolute atomic E-state index is 0. The summed E-state index contributed by atoms with van der Waals surface area (Å²) >= 11 is 0. The molecule has 1 radical (unpaired) electrons. The maximum atomic E-state index is 4.92. The van der Waals surface area contributed by atoms with Gasteiger partial charge in [-0.25, -0.2) is 0 Å². The van der Waals surface area contributed by atoms with E-state index in [1.54, 1.807) is 6.20 Å². The van der Waals surface area contributed by atoms with Crippen molar-refractivity contribution in [2.75, 3.05) is 0 Å². The molecule has 0 aliphatic carbocycles. The van der Waals surface area contributed by atoms with E-state index in [0.717, 1.165) is 27.5 Å². The molecule has 17 heavy (non-hydrogen) atoms. The van der Waals surface area contributed by atoms with Crippen LogP contribution in [-0.4, -0.2) is 14.5 Å². The van der Waals surface area contributed by atoms with Gasteiger partial charge in [-0.2, -0.15) is 5.16 Å². The molecule has 0 saturated carbocycles. The van der Waals surface area contributed by atoms with Crippen LogP contribution in [0.1, 0.15) is 0 Å². The Morgan fingerprint density at radius 3 is 3.06 bits per heavy atom. The zero-order valence-corrected chi connectivity index (χ0v) is 10.9. The van der Waals surface area contributed by atoms with Gasteiger partial charge in [-0.3, -0.25) is 0 Å². The van der Waals surface area contributed by atoms with Crippen LogP contribution in [0.25, 0.3) is 27.5 Å². The quantitative estimate of drug-likeness (QED) is 0.426. The first-order valence-corrected chi connectivity index (χ1v) is 4.96. The van der Waals surface area contributed by atoms with E-state index in [1.807, 2.05) is 34.9 Å². The predicted octanol–water partition coefficient (Wildman–Crippen LogP) is 2.43. The van der Waals surface area contributed by atoms with E-state index >= 15 is 0 Å².